The van der Waals surface area contributed by atoms with Crippen LogP contribution in [0.25, 0.3) is 0 Å². The smallest absolute Gasteiger partial charge is 0.330 e. The average Bonchev–Trinajstić information content (AvgIpc) is 2.71. The van der Waals surface area contributed by atoms with Crippen molar-refractivity contribution in [2.75, 3.05) is 19.8 Å². The van der Waals surface area contributed by atoms with E-state index in [0.717, 1.165) is 25.7 Å². The summed E-state index contributed by atoms with van der Waals surface area (Å²) in [6, 6.07) is 0. The molecule has 0 radical (unpaired) electrons. The van der Waals surface area contributed by atoms with Gasteiger partial charge < -0.3 is 30.6 Å². The molecule has 0 aliphatic carbocycles. The first-order valence-corrected chi connectivity index (χ1v) is 10.3. The number of carbonyl (C=O) groups is 3. The minimum atomic E-state index is -0.935. The van der Waals surface area contributed by atoms with E-state index >= 15 is 0 Å². The van der Waals surface area contributed by atoms with Crippen molar-refractivity contribution in [1.29, 1.82) is 0 Å². The fraction of sp³-hybridized carbons (Fsp3) is 0.609. The molecule has 0 aromatic carbocycles. The maximum absolute atomic E-state index is 9.60. The van der Waals surface area contributed by atoms with Gasteiger partial charge in [-0.25, -0.2) is 14.4 Å². The van der Waals surface area contributed by atoms with Crippen molar-refractivity contribution in [1.82, 2.24) is 0 Å². The third-order valence-electron chi connectivity index (χ3n) is 3.63. The summed E-state index contributed by atoms with van der Waals surface area (Å²) in [7, 11) is 0. The average molecular weight is 463 g/mol. The molecule has 0 aromatic heterocycles. The van der Waals surface area contributed by atoms with Gasteiger partial charge in [0, 0.05) is 42.5 Å². The molecule has 0 bridgehead atoms. The topological polar surface area (TPSA) is 173 Å². The fourth-order valence-corrected chi connectivity index (χ4v) is 1.49. The van der Waals surface area contributed by atoms with Gasteiger partial charge >= 0.3 is 17.9 Å². The predicted octanol–water partition coefficient (Wildman–Crippen LogP) is 3.25. The van der Waals surface area contributed by atoms with E-state index in [1.807, 2.05) is 0 Å². The first-order valence-electron chi connectivity index (χ1n) is 10.3. The van der Waals surface area contributed by atoms with Gasteiger partial charge in [-0.1, -0.05) is 51.8 Å². The van der Waals surface area contributed by atoms with Crippen LogP contribution in [0.3, 0.4) is 0 Å². The largest absolute Gasteiger partial charge is 0.478 e. The first kappa shape index (κ1) is 36.9. The van der Waals surface area contributed by atoms with Gasteiger partial charge in [0.1, 0.15) is 0 Å². The summed E-state index contributed by atoms with van der Waals surface area (Å²) in [5.74, 6) is -2.73. The lowest BCUT2D eigenvalue weighted by molar-refractivity contribution is -0.133. The van der Waals surface area contributed by atoms with Crippen LogP contribution < -0.4 is 0 Å². The van der Waals surface area contributed by atoms with Crippen LogP contribution in [0.1, 0.15) is 65.7 Å². The Morgan fingerprint density at radius 2 is 0.844 bits per heavy atom. The molecule has 32 heavy (non-hydrogen) atoms. The van der Waals surface area contributed by atoms with Crippen LogP contribution in [0.2, 0.25) is 0 Å². The predicted molar refractivity (Wildman–Crippen MR) is 124 cm³/mol. The van der Waals surface area contributed by atoms with E-state index in [0.29, 0.717) is 6.61 Å². The highest BCUT2D eigenvalue weighted by Gasteiger charge is 2.04. The lowest BCUT2D eigenvalue weighted by Crippen LogP contribution is -2.10. The number of aliphatic hydroxyl groups is 3. The molecule has 0 fully saturated rings. The van der Waals surface area contributed by atoms with Crippen molar-refractivity contribution in [3.8, 4) is 0 Å². The zero-order valence-corrected chi connectivity index (χ0v) is 19.7. The molecule has 0 saturated heterocycles. The van der Waals surface area contributed by atoms with E-state index in [1.165, 1.54) is 40.0 Å². The van der Waals surface area contributed by atoms with Crippen molar-refractivity contribution >= 4 is 17.9 Å². The summed E-state index contributed by atoms with van der Waals surface area (Å²) in [5.41, 5.74) is 0.528. The number of aliphatic hydroxyl groups excluding tert-OH is 3. The minimum Gasteiger partial charge on any atom is -0.478 e. The van der Waals surface area contributed by atoms with Crippen molar-refractivity contribution in [3.05, 3.63) is 36.5 Å². The second-order valence-electron chi connectivity index (χ2n) is 7.12. The molecule has 0 rings (SSSR count). The molecule has 188 valence electrons. The number of carboxylic acids is 3. The molecule has 0 amide bonds. The Morgan fingerprint density at radius 3 is 1.06 bits per heavy atom. The second-order valence-corrected chi connectivity index (χ2v) is 7.12. The Morgan fingerprint density at radius 1 is 0.594 bits per heavy atom. The zero-order chi connectivity index (χ0) is 26.1. The summed E-state index contributed by atoms with van der Waals surface area (Å²) in [4.78, 5) is 28.8. The summed E-state index contributed by atoms with van der Waals surface area (Å²) < 4.78 is 0. The van der Waals surface area contributed by atoms with Gasteiger partial charge in [-0.2, -0.15) is 0 Å². The Kier molecular flexibility index (Phi) is 30.6. The molecule has 0 spiro atoms. The van der Waals surface area contributed by atoms with Crippen LogP contribution >= 0.6 is 0 Å². The molecule has 0 saturated carbocycles. The number of carboxylic acid groups (broad SMARTS) is 3. The van der Waals surface area contributed by atoms with Gasteiger partial charge in [0.25, 0.3) is 0 Å². The van der Waals surface area contributed by atoms with Crippen LogP contribution in [0, 0.1) is 5.92 Å². The summed E-state index contributed by atoms with van der Waals surface area (Å²) in [6.45, 7) is 14.3. The Labute approximate surface area is 191 Å². The Bertz CT molecular complexity index is 457. The quantitative estimate of drug-likeness (QED) is 0.177. The van der Waals surface area contributed by atoms with Gasteiger partial charge in [0.05, 0.1) is 0 Å². The highest BCUT2D eigenvalue weighted by Crippen LogP contribution is 2.11. The van der Waals surface area contributed by atoms with E-state index in [9.17, 15) is 14.4 Å². The Hall–Kier alpha value is -2.49. The van der Waals surface area contributed by atoms with E-state index < -0.39 is 17.9 Å². The van der Waals surface area contributed by atoms with E-state index in [1.54, 1.807) is 0 Å². The standard InChI is InChI=1S/C11H24O3.3C4H6O2/c12-8-6-4-2-1-3-5-7-11(9-13)10-14;3*1-3(2)4(5)6/h11-14H,1-10H2;3*1H2,2H3,(H,5,6). The number of rotatable bonds is 13. The number of unbranched alkanes of at least 4 members (excludes halogenated alkanes) is 5. The van der Waals surface area contributed by atoms with Gasteiger partial charge in [-0.05, 0) is 33.6 Å². The number of aliphatic carboxylic acids is 3. The zero-order valence-electron chi connectivity index (χ0n) is 19.7. The van der Waals surface area contributed by atoms with Gasteiger partial charge in [0.15, 0.2) is 0 Å². The van der Waals surface area contributed by atoms with Crippen molar-refractivity contribution in [2.45, 2.75) is 65.7 Å². The van der Waals surface area contributed by atoms with Gasteiger partial charge in [-0.15, -0.1) is 0 Å². The molecular formula is C23H42O9. The molecule has 0 aromatic rings. The highest BCUT2D eigenvalue weighted by atomic mass is 16.4. The Balaban J connectivity index is -0.000000182. The SMILES string of the molecule is C=C(C)C(=O)O.C=C(C)C(=O)O.C=C(C)C(=O)O.OCCCCCCCCC(CO)CO. The van der Waals surface area contributed by atoms with Crippen LogP contribution in [0.15, 0.2) is 36.5 Å². The molecule has 6 N–H and O–H groups in total. The maximum atomic E-state index is 9.60. The summed E-state index contributed by atoms with van der Waals surface area (Å²) in [5, 5.41) is 49.8. The van der Waals surface area contributed by atoms with Crippen molar-refractivity contribution in [2.24, 2.45) is 5.92 Å². The van der Waals surface area contributed by atoms with Crippen molar-refractivity contribution in [3.63, 3.8) is 0 Å². The first-order chi connectivity index (χ1) is 14.8. The molecular weight excluding hydrogens is 420 g/mol. The lowest BCUT2D eigenvalue weighted by atomic mass is 10.0. The monoisotopic (exact) mass is 462 g/mol. The van der Waals surface area contributed by atoms with Crippen LogP contribution in [0.5, 0.6) is 0 Å². The second kappa shape index (κ2) is 26.5. The maximum Gasteiger partial charge on any atom is 0.330 e. The normalized spacial score (nSPS) is 9.09. The third-order valence-corrected chi connectivity index (χ3v) is 3.63. The molecule has 0 unspecified atom stereocenters. The third kappa shape index (κ3) is 38.2. The summed E-state index contributed by atoms with van der Waals surface area (Å²) in [6.07, 6.45) is 7.59. The molecule has 0 aliphatic heterocycles. The van der Waals surface area contributed by atoms with Gasteiger partial charge in [0.2, 0.25) is 0 Å². The van der Waals surface area contributed by atoms with E-state index in [2.05, 4.69) is 19.7 Å². The summed E-state index contributed by atoms with van der Waals surface area (Å²) >= 11 is 0. The number of hydrogen-bond acceptors (Lipinski definition) is 6. The fourth-order valence-electron chi connectivity index (χ4n) is 1.49. The minimum absolute atomic E-state index is 0.0763. The molecule has 0 atom stereocenters. The van der Waals surface area contributed by atoms with Crippen LogP contribution in [0.4, 0.5) is 0 Å². The van der Waals surface area contributed by atoms with Crippen molar-refractivity contribution < 1.29 is 45.0 Å². The highest BCUT2D eigenvalue weighted by molar-refractivity contribution is 5.85. The molecule has 0 heterocycles. The lowest BCUT2D eigenvalue weighted by Gasteiger charge is -2.09. The molecule has 9 heteroatoms. The van der Waals surface area contributed by atoms with Gasteiger partial charge in [-0.3, -0.25) is 0 Å². The van der Waals surface area contributed by atoms with E-state index in [4.69, 9.17) is 30.6 Å². The molecule has 0 aliphatic rings. The molecule has 9 nitrogen and oxygen atoms in total. The van der Waals surface area contributed by atoms with Crippen LogP contribution in [-0.2, 0) is 14.4 Å². The van der Waals surface area contributed by atoms with Crippen LogP contribution in [-0.4, -0.2) is 68.4 Å². The number of hydrogen-bond donors (Lipinski definition) is 6. The van der Waals surface area contributed by atoms with E-state index in [-0.39, 0.29) is 35.9 Å².